The molecule has 0 unspecified atom stereocenters. The minimum Gasteiger partial charge on any atom is -0.385 e. The number of ether oxygens (including phenoxy) is 1. The Hall–Kier alpha value is -3.56. The molecule has 0 spiro atoms. The normalized spacial score (nSPS) is 11.1. The number of carbonyl (C=O) groups excluding carboxylic acids is 1. The van der Waals surface area contributed by atoms with Gasteiger partial charge < -0.3 is 19.6 Å². The summed E-state index contributed by atoms with van der Waals surface area (Å²) in [7, 11) is 1.62. The number of hydrogen-bond donors (Lipinski definition) is 2. The molecule has 9 heteroatoms. The summed E-state index contributed by atoms with van der Waals surface area (Å²) in [5.74, 6) is 0.683. The van der Waals surface area contributed by atoms with Crippen molar-refractivity contribution in [1.29, 1.82) is 0 Å². The Labute approximate surface area is 195 Å². The fraction of sp³-hybridized carbons (Fsp3) is 0.250. The highest BCUT2D eigenvalue weighted by molar-refractivity contribution is 7.71. The zero-order chi connectivity index (χ0) is 23.4. The van der Waals surface area contributed by atoms with Gasteiger partial charge in [0.2, 0.25) is 0 Å². The van der Waals surface area contributed by atoms with Gasteiger partial charge in [0.15, 0.2) is 4.77 Å². The van der Waals surface area contributed by atoms with Crippen LogP contribution in [0.25, 0.3) is 10.9 Å². The van der Waals surface area contributed by atoms with Gasteiger partial charge in [-0.25, -0.2) is 4.98 Å². The number of carbonyl (C=O) groups is 1. The Morgan fingerprint density at radius 1 is 1.21 bits per heavy atom. The van der Waals surface area contributed by atoms with Crippen LogP contribution in [-0.2, 0) is 17.8 Å². The van der Waals surface area contributed by atoms with Crippen LogP contribution < -0.4 is 10.9 Å². The van der Waals surface area contributed by atoms with Crippen molar-refractivity contribution in [2.45, 2.75) is 26.4 Å². The molecule has 4 aromatic rings. The Balaban J connectivity index is 1.50. The van der Waals surface area contributed by atoms with E-state index in [-0.39, 0.29) is 11.5 Å². The number of aromatic amines is 1. The van der Waals surface area contributed by atoms with E-state index in [2.05, 4.69) is 19.9 Å². The zero-order valence-corrected chi connectivity index (χ0v) is 19.3. The molecule has 8 nitrogen and oxygen atoms in total. The van der Waals surface area contributed by atoms with Crippen molar-refractivity contribution in [1.82, 2.24) is 19.1 Å². The fourth-order valence-corrected chi connectivity index (χ4v) is 3.91. The van der Waals surface area contributed by atoms with E-state index in [1.807, 2.05) is 37.4 Å². The number of hydrogen-bond acceptors (Lipinski definition) is 5. The van der Waals surface area contributed by atoms with Crippen LogP contribution in [0.15, 0.2) is 59.7 Å². The summed E-state index contributed by atoms with van der Waals surface area (Å²) in [5, 5.41) is 3.38. The van der Waals surface area contributed by atoms with E-state index < -0.39 is 0 Å². The second-order valence-corrected chi connectivity index (χ2v) is 8.13. The number of anilines is 1. The number of rotatable bonds is 8. The van der Waals surface area contributed by atoms with E-state index in [9.17, 15) is 9.59 Å². The van der Waals surface area contributed by atoms with Crippen LogP contribution in [0.5, 0.6) is 0 Å². The summed E-state index contributed by atoms with van der Waals surface area (Å²) < 4.78 is 8.94. The number of imidazole rings is 1. The number of aromatic nitrogens is 4. The van der Waals surface area contributed by atoms with E-state index in [1.165, 1.54) is 4.57 Å². The third kappa shape index (κ3) is 5.10. The smallest absolute Gasteiger partial charge is 0.262 e. The quantitative estimate of drug-likeness (QED) is 0.305. The molecule has 2 aromatic heterocycles. The standard InChI is InChI=1S/C24H25N5O3S/c1-16-25-10-12-28(16)15-17-4-7-19(8-5-17)26-22(30)18-6-9-20-21(14-18)27-24(33)29(23(20)31)11-3-13-32-2/h4-10,12,14H,3,11,13,15H2,1-2H3,(H,26,30)(H,27,33). The van der Waals surface area contributed by atoms with Gasteiger partial charge in [0.05, 0.1) is 10.9 Å². The second-order valence-electron chi connectivity index (χ2n) is 7.75. The molecule has 4 rings (SSSR count). The molecule has 170 valence electrons. The monoisotopic (exact) mass is 463 g/mol. The maximum Gasteiger partial charge on any atom is 0.262 e. The lowest BCUT2D eigenvalue weighted by atomic mass is 10.1. The van der Waals surface area contributed by atoms with E-state index >= 15 is 0 Å². The molecule has 0 aliphatic carbocycles. The molecule has 0 bridgehead atoms. The van der Waals surface area contributed by atoms with Gasteiger partial charge in [-0.05, 0) is 61.5 Å². The Morgan fingerprint density at radius 2 is 2.00 bits per heavy atom. The molecule has 0 aliphatic rings. The first kappa shape index (κ1) is 22.6. The lowest BCUT2D eigenvalue weighted by molar-refractivity contribution is 0.102. The minimum absolute atomic E-state index is 0.180. The van der Waals surface area contributed by atoms with Crippen LogP contribution in [0.2, 0.25) is 0 Å². The maximum atomic E-state index is 12.8. The number of H-pyrrole nitrogens is 1. The Kier molecular flexibility index (Phi) is 6.81. The largest absolute Gasteiger partial charge is 0.385 e. The highest BCUT2D eigenvalue weighted by Gasteiger charge is 2.11. The SMILES string of the molecule is COCCCn1c(=S)[nH]c2cc(C(=O)Nc3ccc(Cn4ccnc4C)cc3)ccc2c1=O. The van der Waals surface area contributed by atoms with Crippen molar-refractivity contribution < 1.29 is 9.53 Å². The highest BCUT2D eigenvalue weighted by atomic mass is 32.1. The summed E-state index contributed by atoms with van der Waals surface area (Å²) >= 11 is 5.35. The molecule has 0 radical (unpaired) electrons. The fourth-order valence-electron chi connectivity index (χ4n) is 3.63. The van der Waals surface area contributed by atoms with Crippen LogP contribution in [0, 0.1) is 11.7 Å². The Bertz CT molecular complexity index is 1400. The highest BCUT2D eigenvalue weighted by Crippen LogP contribution is 2.15. The summed E-state index contributed by atoms with van der Waals surface area (Å²) in [6.07, 6.45) is 4.39. The van der Waals surface area contributed by atoms with Crippen LogP contribution in [0.1, 0.15) is 28.2 Å². The zero-order valence-electron chi connectivity index (χ0n) is 18.5. The first-order chi connectivity index (χ1) is 16.0. The van der Waals surface area contributed by atoms with Crippen molar-refractivity contribution in [2.24, 2.45) is 0 Å². The van der Waals surface area contributed by atoms with Crippen molar-refractivity contribution in [2.75, 3.05) is 19.0 Å². The van der Waals surface area contributed by atoms with Gasteiger partial charge in [-0.2, -0.15) is 0 Å². The van der Waals surface area contributed by atoms with Crippen molar-refractivity contribution in [3.63, 3.8) is 0 Å². The van der Waals surface area contributed by atoms with Gasteiger partial charge in [0, 0.05) is 50.5 Å². The van der Waals surface area contributed by atoms with Crippen molar-refractivity contribution >= 4 is 34.7 Å². The van der Waals surface area contributed by atoms with Crippen LogP contribution >= 0.6 is 12.2 Å². The summed E-state index contributed by atoms with van der Waals surface area (Å²) in [6.45, 7) is 3.69. The average Bonchev–Trinajstić information content (AvgIpc) is 3.21. The predicted octanol–water partition coefficient (Wildman–Crippen LogP) is 3.90. The Morgan fingerprint density at radius 3 is 2.70 bits per heavy atom. The van der Waals surface area contributed by atoms with E-state index in [0.29, 0.717) is 53.0 Å². The van der Waals surface area contributed by atoms with Crippen LogP contribution in [-0.4, -0.2) is 38.7 Å². The molecule has 2 N–H and O–H groups in total. The lowest BCUT2D eigenvalue weighted by Gasteiger charge is -2.10. The second kappa shape index (κ2) is 9.93. The van der Waals surface area contributed by atoms with E-state index in [1.54, 1.807) is 31.5 Å². The van der Waals surface area contributed by atoms with Gasteiger partial charge in [-0.3, -0.25) is 14.2 Å². The summed E-state index contributed by atoms with van der Waals surface area (Å²) in [6, 6.07) is 12.6. The molecule has 33 heavy (non-hydrogen) atoms. The first-order valence-electron chi connectivity index (χ1n) is 10.6. The maximum absolute atomic E-state index is 12.8. The molecule has 0 atom stereocenters. The lowest BCUT2D eigenvalue weighted by Crippen LogP contribution is -2.23. The molecule has 0 saturated carbocycles. The number of methoxy groups -OCH3 is 1. The molecular formula is C24H25N5O3S. The predicted molar refractivity (Wildman–Crippen MR) is 130 cm³/mol. The molecule has 2 aromatic carbocycles. The molecule has 0 aliphatic heterocycles. The molecule has 1 amide bonds. The van der Waals surface area contributed by atoms with Gasteiger partial charge in [0.1, 0.15) is 5.82 Å². The summed E-state index contributed by atoms with van der Waals surface area (Å²) in [4.78, 5) is 32.9. The summed E-state index contributed by atoms with van der Waals surface area (Å²) in [5.41, 5.74) is 2.58. The van der Waals surface area contributed by atoms with Crippen LogP contribution in [0.3, 0.4) is 0 Å². The average molecular weight is 464 g/mol. The van der Waals surface area contributed by atoms with Crippen LogP contribution in [0.4, 0.5) is 5.69 Å². The molecule has 0 fully saturated rings. The van der Waals surface area contributed by atoms with E-state index in [4.69, 9.17) is 17.0 Å². The first-order valence-corrected chi connectivity index (χ1v) is 11.0. The van der Waals surface area contributed by atoms with Crippen molar-refractivity contribution in [3.05, 3.63) is 86.9 Å². The number of amides is 1. The third-order valence-electron chi connectivity index (χ3n) is 5.46. The van der Waals surface area contributed by atoms with Gasteiger partial charge in [-0.15, -0.1) is 0 Å². The molecule has 0 saturated heterocycles. The third-order valence-corrected chi connectivity index (χ3v) is 5.79. The minimum atomic E-state index is -0.265. The number of fused-ring (bicyclic) bond motifs is 1. The topological polar surface area (TPSA) is 93.9 Å². The van der Waals surface area contributed by atoms with E-state index in [0.717, 1.165) is 11.4 Å². The number of nitrogens with one attached hydrogen (secondary N) is 2. The molecular weight excluding hydrogens is 438 g/mol. The molecule has 2 heterocycles. The number of aryl methyl sites for hydroxylation is 1. The number of benzene rings is 2. The van der Waals surface area contributed by atoms with Crippen molar-refractivity contribution in [3.8, 4) is 0 Å². The van der Waals surface area contributed by atoms with Gasteiger partial charge >= 0.3 is 0 Å². The number of nitrogens with zero attached hydrogens (tertiary/aromatic N) is 3. The van der Waals surface area contributed by atoms with Gasteiger partial charge in [-0.1, -0.05) is 12.1 Å². The van der Waals surface area contributed by atoms with Gasteiger partial charge in [0.25, 0.3) is 11.5 Å².